The van der Waals surface area contributed by atoms with Gasteiger partial charge in [-0.1, -0.05) is 17.7 Å². The zero-order valence-electron chi connectivity index (χ0n) is 16.3. The molecule has 2 aromatic rings. The Hall–Kier alpha value is -1.97. The number of halogens is 2. The fourth-order valence-corrected chi connectivity index (χ4v) is 4.41. The molecule has 0 radical (unpaired) electrons. The number of imide groups is 1. The van der Waals surface area contributed by atoms with Crippen LogP contribution in [0.25, 0.3) is 6.08 Å². The number of phenols is 1. The van der Waals surface area contributed by atoms with Crippen LogP contribution in [-0.4, -0.2) is 40.9 Å². The highest BCUT2D eigenvalue weighted by Gasteiger charge is 2.35. The lowest BCUT2D eigenvalue weighted by Crippen LogP contribution is -2.32. The van der Waals surface area contributed by atoms with Gasteiger partial charge in [0, 0.05) is 14.5 Å². The van der Waals surface area contributed by atoms with Crippen LogP contribution in [0.5, 0.6) is 17.2 Å². The smallest absolute Gasteiger partial charge is 0.293 e. The summed E-state index contributed by atoms with van der Waals surface area (Å²) in [5.74, 6) is 0.419. The van der Waals surface area contributed by atoms with Gasteiger partial charge in [-0.05, 0) is 81.7 Å². The summed E-state index contributed by atoms with van der Waals surface area (Å²) in [6.45, 7) is 4.48. The second kappa shape index (κ2) is 9.89. The summed E-state index contributed by atoms with van der Waals surface area (Å²) in [5.41, 5.74) is 1.47. The fourth-order valence-electron chi connectivity index (χ4n) is 2.72. The molecule has 0 bridgehead atoms. The molecule has 0 spiro atoms. The van der Waals surface area contributed by atoms with Crippen LogP contribution < -0.4 is 9.47 Å². The molecule has 2 aromatic carbocycles. The van der Waals surface area contributed by atoms with E-state index in [0.717, 1.165) is 22.2 Å². The molecule has 1 heterocycles. The molecular weight excluding hydrogens is 538 g/mol. The van der Waals surface area contributed by atoms with Crippen molar-refractivity contribution in [3.05, 3.63) is 55.3 Å². The molecule has 1 aliphatic heterocycles. The monoisotopic (exact) mass is 555 g/mol. The molecule has 9 heteroatoms. The number of carbonyl (C=O) groups is 2. The van der Waals surface area contributed by atoms with Crippen LogP contribution in [0.1, 0.15) is 18.1 Å². The van der Waals surface area contributed by atoms with Crippen LogP contribution in [0.2, 0.25) is 0 Å². The Bertz CT molecular complexity index is 1010. The van der Waals surface area contributed by atoms with E-state index in [0.29, 0.717) is 26.9 Å². The predicted octanol–water partition coefficient (Wildman–Crippen LogP) is 5.74. The number of hydrogen-bond donors (Lipinski definition) is 1. The van der Waals surface area contributed by atoms with Crippen molar-refractivity contribution in [2.75, 3.05) is 19.8 Å². The van der Waals surface area contributed by atoms with E-state index in [1.165, 1.54) is 6.08 Å². The van der Waals surface area contributed by atoms with Gasteiger partial charge in [-0.15, -0.1) is 0 Å². The Balaban J connectivity index is 1.75. The van der Waals surface area contributed by atoms with E-state index in [1.807, 2.05) is 31.2 Å². The van der Waals surface area contributed by atoms with Gasteiger partial charge in [0.15, 0.2) is 11.5 Å². The molecule has 158 valence electrons. The highest BCUT2D eigenvalue weighted by molar-refractivity contribution is 9.13. The average Bonchev–Trinajstić information content (AvgIpc) is 2.98. The lowest BCUT2D eigenvalue weighted by molar-refractivity contribution is -0.123. The minimum Gasteiger partial charge on any atom is -0.504 e. The van der Waals surface area contributed by atoms with Crippen LogP contribution in [0.3, 0.4) is 0 Å². The summed E-state index contributed by atoms with van der Waals surface area (Å²) < 4.78 is 12.3. The molecule has 2 amide bonds. The lowest BCUT2D eigenvalue weighted by Gasteiger charge is -2.14. The number of aryl methyl sites for hydroxylation is 1. The van der Waals surface area contributed by atoms with Crippen molar-refractivity contribution in [1.82, 2.24) is 4.90 Å². The zero-order valence-corrected chi connectivity index (χ0v) is 20.3. The number of thioether (sulfide) groups is 1. The van der Waals surface area contributed by atoms with Crippen molar-refractivity contribution < 1.29 is 24.2 Å². The Morgan fingerprint density at radius 1 is 1.17 bits per heavy atom. The molecular formula is C21H19Br2NO5S. The van der Waals surface area contributed by atoms with Crippen LogP contribution in [0.15, 0.2) is 44.2 Å². The maximum atomic E-state index is 12.7. The number of ether oxygens (including phenoxy) is 2. The van der Waals surface area contributed by atoms with Crippen molar-refractivity contribution in [2.24, 2.45) is 0 Å². The number of nitrogens with zero attached hydrogens (tertiary/aromatic N) is 1. The van der Waals surface area contributed by atoms with E-state index in [1.54, 1.807) is 13.0 Å². The summed E-state index contributed by atoms with van der Waals surface area (Å²) in [5, 5.41) is 10.2. The molecule has 0 saturated carbocycles. The van der Waals surface area contributed by atoms with E-state index in [9.17, 15) is 14.7 Å². The van der Waals surface area contributed by atoms with E-state index in [2.05, 4.69) is 31.9 Å². The zero-order chi connectivity index (χ0) is 21.8. The average molecular weight is 557 g/mol. The molecule has 0 atom stereocenters. The Morgan fingerprint density at radius 3 is 2.53 bits per heavy atom. The number of benzene rings is 2. The maximum Gasteiger partial charge on any atom is 0.293 e. The predicted molar refractivity (Wildman–Crippen MR) is 124 cm³/mol. The number of amides is 2. The normalized spacial score (nSPS) is 15.2. The Labute approximate surface area is 195 Å². The first-order valence-electron chi connectivity index (χ1n) is 9.10. The minimum atomic E-state index is -0.429. The Kier molecular flexibility index (Phi) is 7.49. The molecule has 6 nitrogen and oxygen atoms in total. The summed E-state index contributed by atoms with van der Waals surface area (Å²) in [6, 6.07) is 9.17. The van der Waals surface area contributed by atoms with Crippen LogP contribution in [0.4, 0.5) is 4.79 Å². The topological polar surface area (TPSA) is 76.1 Å². The minimum absolute atomic E-state index is 0.110. The van der Waals surface area contributed by atoms with Crippen LogP contribution in [-0.2, 0) is 4.79 Å². The molecule has 1 N–H and O–H groups in total. The van der Waals surface area contributed by atoms with Crippen molar-refractivity contribution in [3.8, 4) is 17.2 Å². The number of rotatable bonds is 7. The third kappa shape index (κ3) is 5.01. The highest BCUT2D eigenvalue weighted by atomic mass is 79.9. The molecule has 30 heavy (non-hydrogen) atoms. The van der Waals surface area contributed by atoms with Crippen molar-refractivity contribution >= 4 is 60.8 Å². The molecule has 1 fully saturated rings. The van der Waals surface area contributed by atoms with Crippen molar-refractivity contribution in [1.29, 1.82) is 0 Å². The summed E-state index contributed by atoms with van der Waals surface area (Å²) in [4.78, 5) is 26.4. The summed E-state index contributed by atoms with van der Waals surface area (Å²) in [7, 11) is 0. The van der Waals surface area contributed by atoms with Crippen LogP contribution in [0, 0.1) is 6.92 Å². The van der Waals surface area contributed by atoms with Gasteiger partial charge in [-0.25, -0.2) is 0 Å². The van der Waals surface area contributed by atoms with Gasteiger partial charge in [0.2, 0.25) is 0 Å². The van der Waals surface area contributed by atoms with E-state index in [4.69, 9.17) is 9.47 Å². The highest BCUT2D eigenvalue weighted by Crippen LogP contribution is 2.43. The molecule has 0 unspecified atom stereocenters. The van der Waals surface area contributed by atoms with Crippen molar-refractivity contribution in [2.45, 2.75) is 13.8 Å². The summed E-state index contributed by atoms with van der Waals surface area (Å²) >= 11 is 7.62. The first-order valence-corrected chi connectivity index (χ1v) is 11.5. The van der Waals surface area contributed by atoms with Crippen LogP contribution >= 0.6 is 43.6 Å². The van der Waals surface area contributed by atoms with Crippen molar-refractivity contribution in [3.63, 3.8) is 0 Å². The SMILES string of the molecule is CCOc1cc(Br)c(Br)c(/C=C2\SC(=O)N(CCOc3ccc(C)cc3)C2=O)c1O. The largest absolute Gasteiger partial charge is 0.504 e. The number of phenolic OH excluding ortho intramolecular Hbond substituents is 1. The Morgan fingerprint density at radius 2 is 1.87 bits per heavy atom. The molecule has 0 aromatic heterocycles. The van der Waals surface area contributed by atoms with Gasteiger partial charge >= 0.3 is 0 Å². The maximum absolute atomic E-state index is 12.7. The van der Waals surface area contributed by atoms with Gasteiger partial charge in [0.05, 0.1) is 18.1 Å². The number of aromatic hydroxyl groups is 1. The third-order valence-electron chi connectivity index (χ3n) is 4.25. The first-order chi connectivity index (χ1) is 14.3. The molecule has 1 saturated heterocycles. The fraction of sp³-hybridized carbons (Fsp3) is 0.238. The van der Waals surface area contributed by atoms with Gasteiger partial charge in [-0.2, -0.15) is 0 Å². The lowest BCUT2D eigenvalue weighted by atomic mass is 10.1. The van der Waals surface area contributed by atoms with Gasteiger partial charge < -0.3 is 14.6 Å². The third-order valence-corrected chi connectivity index (χ3v) is 7.17. The van der Waals surface area contributed by atoms with E-state index in [-0.39, 0.29) is 34.8 Å². The molecule has 3 rings (SSSR count). The van der Waals surface area contributed by atoms with E-state index < -0.39 is 5.91 Å². The quantitative estimate of drug-likeness (QED) is 0.438. The second-order valence-electron chi connectivity index (χ2n) is 6.36. The van der Waals surface area contributed by atoms with E-state index >= 15 is 0 Å². The number of hydrogen-bond acceptors (Lipinski definition) is 6. The number of carbonyl (C=O) groups excluding carboxylic acids is 2. The van der Waals surface area contributed by atoms with Gasteiger partial charge in [-0.3, -0.25) is 14.5 Å². The summed E-state index contributed by atoms with van der Waals surface area (Å²) in [6.07, 6.45) is 1.48. The van der Waals surface area contributed by atoms with Gasteiger partial charge in [0.1, 0.15) is 12.4 Å². The second-order valence-corrected chi connectivity index (χ2v) is 9.00. The van der Waals surface area contributed by atoms with Gasteiger partial charge in [0.25, 0.3) is 11.1 Å². The first kappa shape index (κ1) is 22.7. The molecule has 0 aliphatic carbocycles. The molecule has 1 aliphatic rings. The standard InChI is InChI=1S/C21H19Br2NO5S/c1-3-28-16-11-15(22)18(23)14(19(16)25)10-17-20(26)24(21(27)30-17)8-9-29-13-6-4-12(2)5-7-13/h4-7,10-11,25H,3,8-9H2,1-2H3/b17-10-.